The van der Waals surface area contributed by atoms with Crippen molar-refractivity contribution in [1.82, 2.24) is 14.8 Å². The number of rotatable bonds is 2. The molecule has 3 rings (SSSR count). The third kappa shape index (κ3) is 2.31. The average Bonchev–Trinajstić information content (AvgIpc) is 2.91. The van der Waals surface area contributed by atoms with Crippen LogP contribution >= 0.6 is 0 Å². The van der Waals surface area contributed by atoms with Crippen molar-refractivity contribution in [2.75, 3.05) is 19.0 Å². The summed E-state index contributed by atoms with van der Waals surface area (Å²) in [5.41, 5.74) is 0. The van der Waals surface area contributed by atoms with E-state index < -0.39 is 5.97 Å². The number of hydrogen-bond donors (Lipinski definition) is 1. The standard InChI is InChI=1S/C13H20N4O2/c1-19-12(18)11-15-13-14-8-7-10(17(13)16-11)9-5-3-2-4-6-9/h9-10H,2-8H2,1H3,(H,14,15,16). The van der Waals surface area contributed by atoms with Crippen LogP contribution < -0.4 is 5.32 Å². The fourth-order valence-electron chi connectivity index (χ4n) is 3.26. The Labute approximate surface area is 112 Å². The molecule has 0 amide bonds. The van der Waals surface area contributed by atoms with Crippen molar-refractivity contribution in [2.24, 2.45) is 5.92 Å². The smallest absolute Gasteiger partial charge is 0.378 e. The second-order valence-corrected chi connectivity index (χ2v) is 5.38. The van der Waals surface area contributed by atoms with Crippen LogP contribution in [0.2, 0.25) is 0 Å². The minimum absolute atomic E-state index is 0.160. The van der Waals surface area contributed by atoms with E-state index in [1.165, 1.54) is 39.2 Å². The number of carbonyl (C=O) groups excluding carboxylic acids is 1. The first-order chi connectivity index (χ1) is 9.29. The normalized spacial score (nSPS) is 23.5. The maximum absolute atomic E-state index is 11.5. The highest BCUT2D eigenvalue weighted by Crippen LogP contribution is 2.37. The number of esters is 1. The van der Waals surface area contributed by atoms with Crippen LogP contribution in [0, 0.1) is 5.92 Å². The fraction of sp³-hybridized carbons (Fsp3) is 0.769. The summed E-state index contributed by atoms with van der Waals surface area (Å²) in [5.74, 6) is 1.07. The second-order valence-electron chi connectivity index (χ2n) is 5.38. The van der Waals surface area contributed by atoms with Crippen molar-refractivity contribution in [3.63, 3.8) is 0 Å². The van der Waals surface area contributed by atoms with Gasteiger partial charge in [0.2, 0.25) is 5.95 Å². The van der Waals surface area contributed by atoms with Gasteiger partial charge < -0.3 is 10.1 Å². The van der Waals surface area contributed by atoms with Crippen LogP contribution in [0.3, 0.4) is 0 Å². The molecule has 6 heteroatoms. The molecule has 1 fully saturated rings. The van der Waals surface area contributed by atoms with Crippen LogP contribution in [0.5, 0.6) is 0 Å². The molecule has 104 valence electrons. The van der Waals surface area contributed by atoms with Crippen molar-refractivity contribution >= 4 is 11.9 Å². The summed E-state index contributed by atoms with van der Waals surface area (Å²) < 4.78 is 6.60. The molecule has 19 heavy (non-hydrogen) atoms. The predicted octanol–water partition coefficient (Wildman–Crippen LogP) is 2.00. The van der Waals surface area contributed by atoms with Crippen molar-refractivity contribution in [3.8, 4) is 0 Å². The fourth-order valence-corrected chi connectivity index (χ4v) is 3.26. The van der Waals surface area contributed by atoms with E-state index in [9.17, 15) is 4.79 Å². The van der Waals surface area contributed by atoms with Gasteiger partial charge in [-0.25, -0.2) is 9.48 Å². The Bertz CT molecular complexity index is 465. The van der Waals surface area contributed by atoms with Gasteiger partial charge in [0.05, 0.1) is 13.2 Å². The van der Waals surface area contributed by atoms with E-state index in [0.717, 1.165) is 13.0 Å². The largest absolute Gasteiger partial charge is 0.463 e. The second kappa shape index (κ2) is 5.19. The van der Waals surface area contributed by atoms with Crippen LogP contribution in [0.15, 0.2) is 0 Å². The molecule has 1 aliphatic heterocycles. The third-order valence-electron chi connectivity index (χ3n) is 4.23. The zero-order valence-electron chi connectivity index (χ0n) is 11.3. The lowest BCUT2D eigenvalue weighted by Crippen LogP contribution is -2.30. The van der Waals surface area contributed by atoms with Gasteiger partial charge in [-0.2, -0.15) is 4.98 Å². The van der Waals surface area contributed by atoms with Gasteiger partial charge in [-0.1, -0.05) is 19.3 Å². The van der Waals surface area contributed by atoms with Gasteiger partial charge >= 0.3 is 5.97 Å². The summed E-state index contributed by atoms with van der Waals surface area (Å²) in [5, 5.41) is 7.56. The lowest BCUT2D eigenvalue weighted by atomic mass is 9.82. The van der Waals surface area contributed by atoms with Crippen LogP contribution in [0.4, 0.5) is 5.95 Å². The van der Waals surface area contributed by atoms with Crippen molar-refractivity contribution in [2.45, 2.75) is 44.6 Å². The highest BCUT2D eigenvalue weighted by atomic mass is 16.5. The zero-order valence-corrected chi connectivity index (χ0v) is 11.3. The molecule has 0 aromatic carbocycles. The SMILES string of the molecule is COC(=O)c1nc2n(n1)C(C1CCCCC1)CCN2. The summed E-state index contributed by atoms with van der Waals surface area (Å²) in [6.07, 6.45) is 7.54. The number of aromatic nitrogens is 3. The Kier molecular flexibility index (Phi) is 3.40. The third-order valence-corrected chi connectivity index (χ3v) is 4.23. The van der Waals surface area contributed by atoms with E-state index in [0.29, 0.717) is 17.9 Å². The number of anilines is 1. The molecule has 0 radical (unpaired) electrons. The molecular formula is C13H20N4O2. The first-order valence-corrected chi connectivity index (χ1v) is 7.08. The summed E-state index contributed by atoms with van der Waals surface area (Å²) in [4.78, 5) is 15.8. The lowest BCUT2D eigenvalue weighted by Gasteiger charge is -2.33. The minimum atomic E-state index is -0.467. The molecule has 1 saturated carbocycles. The molecule has 0 spiro atoms. The molecule has 2 aliphatic rings. The molecule has 6 nitrogen and oxygen atoms in total. The number of carbonyl (C=O) groups is 1. The van der Waals surface area contributed by atoms with E-state index in [4.69, 9.17) is 0 Å². The van der Waals surface area contributed by atoms with Gasteiger partial charge in [-0.3, -0.25) is 0 Å². The highest BCUT2D eigenvalue weighted by molar-refractivity contribution is 5.85. The summed E-state index contributed by atoms with van der Waals surface area (Å²) >= 11 is 0. The maximum atomic E-state index is 11.5. The van der Waals surface area contributed by atoms with Crippen LogP contribution in [0.25, 0.3) is 0 Å². The Morgan fingerprint density at radius 3 is 2.84 bits per heavy atom. The molecule has 1 N–H and O–H groups in total. The summed E-state index contributed by atoms with van der Waals surface area (Å²) in [6, 6.07) is 0.377. The molecule has 2 heterocycles. The van der Waals surface area contributed by atoms with Gasteiger partial charge in [-0.05, 0) is 25.2 Å². The van der Waals surface area contributed by atoms with Gasteiger partial charge in [0.1, 0.15) is 0 Å². The quantitative estimate of drug-likeness (QED) is 0.827. The predicted molar refractivity (Wildman–Crippen MR) is 70.1 cm³/mol. The monoisotopic (exact) mass is 264 g/mol. The summed E-state index contributed by atoms with van der Waals surface area (Å²) in [7, 11) is 1.36. The Balaban J connectivity index is 1.86. The van der Waals surface area contributed by atoms with Gasteiger partial charge in [-0.15, -0.1) is 5.10 Å². The van der Waals surface area contributed by atoms with Gasteiger partial charge in [0.15, 0.2) is 0 Å². The first-order valence-electron chi connectivity index (χ1n) is 7.08. The molecule has 1 aromatic heterocycles. The number of ether oxygens (including phenoxy) is 1. The number of fused-ring (bicyclic) bond motifs is 1. The van der Waals surface area contributed by atoms with E-state index in [1.54, 1.807) is 0 Å². The summed E-state index contributed by atoms with van der Waals surface area (Å²) in [6.45, 7) is 0.903. The molecule has 0 bridgehead atoms. The molecule has 1 aromatic rings. The number of nitrogens with zero attached hydrogens (tertiary/aromatic N) is 3. The Hall–Kier alpha value is -1.59. The van der Waals surface area contributed by atoms with E-state index >= 15 is 0 Å². The number of nitrogens with one attached hydrogen (secondary N) is 1. The number of hydrogen-bond acceptors (Lipinski definition) is 5. The minimum Gasteiger partial charge on any atom is -0.463 e. The van der Waals surface area contributed by atoms with Crippen molar-refractivity contribution in [1.29, 1.82) is 0 Å². The molecule has 1 aliphatic carbocycles. The van der Waals surface area contributed by atoms with Gasteiger partial charge in [0.25, 0.3) is 5.82 Å². The number of methoxy groups -OCH3 is 1. The Morgan fingerprint density at radius 2 is 2.11 bits per heavy atom. The molecule has 1 unspecified atom stereocenters. The molecule has 1 atom stereocenters. The van der Waals surface area contributed by atoms with E-state index in [1.807, 2.05) is 4.68 Å². The van der Waals surface area contributed by atoms with Crippen molar-refractivity contribution < 1.29 is 9.53 Å². The molecule has 0 saturated heterocycles. The lowest BCUT2D eigenvalue weighted by molar-refractivity contribution is 0.0585. The van der Waals surface area contributed by atoms with E-state index in [2.05, 4.69) is 20.1 Å². The Morgan fingerprint density at radius 1 is 1.32 bits per heavy atom. The highest BCUT2D eigenvalue weighted by Gasteiger charge is 2.31. The maximum Gasteiger partial charge on any atom is 0.378 e. The van der Waals surface area contributed by atoms with Crippen LogP contribution in [0.1, 0.15) is 55.2 Å². The van der Waals surface area contributed by atoms with Crippen LogP contribution in [-0.2, 0) is 4.74 Å². The topological polar surface area (TPSA) is 69.0 Å². The first kappa shape index (κ1) is 12.4. The average molecular weight is 264 g/mol. The molecular weight excluding hydrogens is 244 g/mol. The van der Waals surface area contributed by atoms with Crippen molar-refractivity contribution in [3.05, 3.63) is 5.82 Å². The van der Waals surface area contributed by atoms with Crippen LogP contribution in [-0.4, -0.2) is 34.4 Å². The van der Waals surface area contributed by atoms with Gasteiger partial charge in [0, 0.05) is 6.54 Å². The van der Waals surface area contributed by atoms with E-state index in [-0.39, 0.29) is 5.82 Å². The zero-order chi connectivity index (χ0) is 13.2.